The van der Waals surface area contributed by atoms with Crippen LogP contribution in [0.25, 0.3) is 0 Å². The van der Waals surface area contributed by atoms with E-state index in [-0.39, 0.29) is 0 Å². The highest BCUT2D eigenvalue weighted by Gasteiger charge is 2.24. The molecular formula is C12H17N. The van der Waals surface area contributed by atoms with E-state index in [1.807, 2.05) is 0 Å². The molecule has 1 aromatic carbocycles. The third kappa shape index (κ3) is 1.75. The van der Waals surface area contributed by atoms with Crippen LogP contribution in [0.3, 0.4) is 0 Å². The molecule has 0 spiro atoms. The van der Waals surface area contributed by atoms with E-state index in [1.165, 1.54) is 30.4 Å². The number of nitrogens with two attached hydrogens (primary N) is 1. The maximum Gasteiger partial charge on any atom is 0.0108 e. The van der Waals surface area contributed by atoms with Crippen LogP contribution < -0.4 is 5.73 Å². The van der Waals surface area contributed by atoms with Gasteiger partial charge >= 0.3 is 0 Å². The fraction of sp³-hybridized carbons (Fsp3) is 0.500. The first-order valence-corrected chi connectivity index (χ1v) is 5.09. The summed E-state index contributed by atoms with van der Waals surface area (Å²) in [5.74, 6) is 0.612. The highest BCUT2D eigenvalue weighted by molar-refractivity contribution is 5.26. The summed E-state index contributed by atoms with van der Waals surface area (Å²) in [5, 5.41) is 0. The van der Waals surface area contributed by atoms with Crippen molar-refractivity contribution in [2.45, 2.75) is 38.1 Å². The van der Waals surface area contributed by atoms with Crippen LogP contribution in [-0.2, 0) is 0 Å². The summed E-state index contributed by atoms with van der Waals surface area (Å²) in [5.41, 5.74) is 8.80. The molecule has 2 atom stereocenters. The summed E-state index contributed by atoms with van der Waals surface area (Å²) >= 11 is 0. The van der Waals surface area contributed by atoms with Gasteiger partial charge in [-0.05, 0) is 31.2 Å². The van der Waals surface area contributed by atoms with Gasteiger partial charge in [0.15, 0.2) is 0 Å². The normalized spacial score (nSPS) is 27.8. The molecule has 1 heteroatoms. The molecule has 1 nitrogen and oxygen atoms in total. The van der Waals surface area contributed by atoms with E-state index < -0.39 is 0 Å². The van der Waals surface area contributed by atoms with Crippen molar-refractivity contribution in [2.75, 3.05) is 0 Å². The van der Waals surface area contributed by atoms with E-state index >= 15 is 0 Å². The van der Waals surface area contributed by atoms with Crippen LogP contribution in [0.1, 0.15) is 36.3 Å². The van der Waals surface area contributed by atoms with Crippen LogP contribution in [0, 0.1) is 6.92 Å². The second kappa shape index (κ2) is 3.51. The summed E-state index contributed by atoms with van der Waals surface area (Å²) in [6.07, 6.45) is 3.75. The number of hydrogen-bond donors (Lipinski definition) is 1. The Hall–Kier alpha value is -0.820. The van der Waals surface area contributed by atoms with Gasteiger partial charge < -0.3 is 5.73 Å². The lowest BCUT2D eigenvalue weighted by atomic mass is 9.94. The van der Waals surface area contributed by atoms with Crippen LogP contribution in [-0.4, -0.2) is 6.04 Å². The third-order valence-electron chi connectivity index (χ3n) is 3.07. The van der Waals surface area contributed by atoms with Crippen LogP contribution >= 0.6 is 0 Å². The summed E-state index contributed by atoms with van der Waals surface area (Å²) in [7, 11) is 0. The van der Waals surface area contributed by atoms with E-state index in [9.17, 15) is 0 Å². The van der Waals surface area contributed by atoms with Crippen LogP contribution in [0.15, 0.2) is 24.3 Å². The van der Waals surface area contributed by atoms with Crippen LogP contribution in [0.2, 0.25) is 0 Å². The molecule has 0 aliphatic heterocycles. The molecule has 1 unspecified atom stereocenters. The maximum atomic E-state index is 6.05. The fourth-order valence-corrected chi connectivity index (χ4v) is 2.22. The zero-order valence-electron chi connectivity index (χ0n) is 8.16. The van der Waals surface area contributed by atoms with Gasteiger partial charge in [0.25, 0.3) is 0 Å². The first-order chi connectivity index (χ1) is 6.27. The van der Waals surface area contributed by atoms with Gasteiger partial charge in [-0.25, -0.2) is 0 Å². The Labute approximate surface area is 80.0 Å². The van der Waals surface area contributed by atoms with Crippen molar-refractivity contribution in [3.05, 3.63) is 35.4 Å². The second-order valence-electron chi connectivity index (χ2n) is 4.11. The fourth-order valence-electron chi connectivity index (χ4n) is 2.22. The molecule has 0 saturated heterocycles. The summed E-state index contributed by atoms with van der Waals surface area (Å²) in [4.78, 5) is 0. The Morgan fingerprint density at radius 2 is 1.85 bits per heavy atom. The largest absolute Gasteiger partial charge is 0.327 e. The zero-order chi connectivity index (χ0) is 9.26. The lowest BCUT2D eigenvalue weighted by Crippen LogP contribution is -2.22. The minimum atomic E-state index is 0.391. The average molecular weight is 175 g/mol. The standard InChI is InChI=1S/C12H17N/c1-9-5-7-10(8-6-9)11-3-2-4-12(11)13/h5-8,11-12H,2-4,13H2,1H3/t11?,12-/m1/s1. The molecule has 2 rings (SSSR count). The van der Waals surface area contributed by atoms with E-state index in [0.29, 0.717) is 12.0 Å². The average Bonchev–Trinajstić information content (AvgIpc) is 2.53. The SMILES string of the molecule is Cc1ccc(C2CCC[C@H]2N)cc1. The Morgan fingerprint density at radius 1 is 1.15 bits per heavy atom. The predicted octanol–water partition coefficient (Wildman–Crippen LogP) is 2.59. The first-order valence-electron chi connectivity index (χ1n) is 5.09. The Morgan fingerprint density at radius 3 is 2.38 bits per heavy atom. The molecule has 1 aliphatic carbocycles. The summed E-state index contributed by atoms with van der Waals surface area (Å²) in [6, 6.07) is 9.21. The third-order valence-corrected chi connectivity index (χ3v) is 3.07. The van der Waals surface area contributed by atoms with Gasteiger partial charge in [0.2, 0.25) is 0 Å². The van der Waals surface area contributed by atoms with Crippen molar-refractivity contribution in [1.29, 1.82) is 0 Å². The highest BCUT2D eigenvalue weighted by Crippen LogP contribution is 2.33. The van der Waals surface area contributed by atoms with Gasteiger partial charge in [-0.3, -0.25) is 0 Å². The first kappa shape index (κ1) is 8.76. The molecule has 2 N–H and O–H groups in total. The molecule has 0 aromatic heterocycles. The molecule has 0 amide bonds. The van der Waals surface area contributed by atoms with Gasteiger partial charge in [0.1, 0.15) is 0 Å². The second-order valence-corrected chi connectivity index (χ2v) is 4.11. The minimum absolute atomic E-state index is 0.391. The number of benzene rings is 1. The van der Waals surface area contributed by atoms with Crippen molar-refractivity contribution in [2.24, 2.45) is 5.73 Å². The monoisotopic (exact) mass is 175 g/mol. The molecule has 1 saturated carbocycles. The minimum Gasteiger partial charge on any atom is -0.327 e. The lowest BCUT2D eigenvalue weighted by Gasteiger charge is -2.15. The van der Waals surface area contributed by atoms with Crippen LogP contribution in [0.4, 0.5) is 0 Å². The van der Waals surface area contributed by atoms with Crippen molar-refractivity contribution in [3.8, 4) is 0 Å². The van der Waals surface area contributed by atoms with Gasteiger partial charge in [-0.15, -0.1) is 0 Å². The van der Waals surface area contributed by atoms with E-state index in [4.69, 9.17) is 5.73 Å². The van der Waals surface area contributed by atoms with Crippen molar-refractivity contribution >= 4 is 0 Å². The van der Waals surface area contributed by atoms with E-state index in [2.05, 4.69) is 31.2 Å². The number of rotatable bonds is 1. The quantitative estimate of drug-likeness (QED) is 0.697. The molecule has 1 aliphatic rings. The molecule has 70 valence electrons. The highest BCUT2D eigenvalue weighted by atomic mass is 14.7. The molecule has 0 radical (unpaired) electrons. The lowest BCUT2D eigenvalue weighted by molar-refractivity contribution is 0.613. The van der Waals surface area contributed by atoms with Gasteiger partial charge in [0.05, 0.1) is 0 Å². The molecule has 1 fully saturated rings. The molecule has 1 aromatic rings. The number of aryl methyl sites for hydroxylation is 1. The van der Waals surface area contributed by atoms with Crippen molar-refractivity contribution < 1.29 is 0 Å². The molecule has 0 bridgehead atoms. The topological polar surface area (TPSA) is 26.0 Å². The molecular weight excluding hydrogens is 158 g/mol. The molecule has 13 heavy (non-hydrogen) atoms. The smallest absolute Gasteiger partial charge is 0.0108 e. The predicted molar refractivity (Wildman–Crippen MR) is 55.7 cm³/mol. The van der Waals surface area contributed by atoms with Gasteiger partial charge in [-0.2, -0.15) is 0 Å². The van der Waals surface area contributed by atoms with E-state index in [0.717, 1.165) is 0 Å². The Bertz CT molecular complexity index is 276. The summed E-state index contributed by atoms with van der Waals surface area (Å²) in [6.45, 7) is 2.12. The van der Waals surface area contributed by atoms with Crippen molar-refractivity contribution in [3.63, 3.8) is 0 Å². The zero-order valence-corrected chi connectivity index (χ0v) is 8.16. The van der Waals surface area contributed by atoms with E-state index in [1.54, 1.807) is 0 Å². The van der Waals surface area contributed by atoms with Crippen molar-refractivity contribution in [1.82, 2.24) is 0 Å². The Balaban J connectivity index is 2.20. The van der Waals surface area contributed by atoms with Crippen LogP contribution in [0.5, 0.6) is 0 Å². The maximum absolute atomic E-state index is 6.05. The van der Waals surface area contributed by atoms with Gasteiger partial charge in [0, 0.05) is 6.04 Å². The van der Waals surface area contributed by atoms with Gasteiger partial charge in [-0.1, -0.05) is 36.2 Å². The number of hydrogen-bond acceptors (Lipinski definition) is 1. The Kier molecular flexibility index (Phi) is 2.36. The summed E-state index contributed by atoms with van der Waals surface area (Å²) < 4.78 is 0. The molecule has 0 heterocycles.